The van der Waals surface area contributed by atoms with Crippen LogP contribution in [0, 0.1) is 13.8 Å². The van der Waals surface area contributed by atoms with Gasteiger partial charge in [-0.15, -0.1) is 0 Å². The quantitative estimate of drug-likeness (QED) is 0.310. The number of fused-ring (bicyclic) bond motifs is 1. The standard InChI is InChI=1S/C24H19Cl2N3O3S/c1-12-4-5-14(8-13(12)2)23-28-19-11-16(6-7-20(19)32-23)27-24(33)29-22(30)17-9-15(25)10-18(26)21(17)31-3/h4-11H,1-3H3,(H2,27,29,30,33). The van der Waals surface area contributed by atoms with Gasteiger partial charge in [0, 0.05) is 16.3 Å². The van der Waals surface area contributed by atoms with E-state index in [1.165, 1.54) is 24.8 Å². The Bertz CT molecular complexity index is 1400. The lowest BCUT2D eigenvalue weighted by atomic mass is 10.1. The fourth-order valence-electron chi connectivity index (χ4n) is 3.27. The molecule has 1 amide bonds. The predicted molar refractivity (Wildman–Crippen MR) is 136 cm³/mol. The molecule has 4 aromatic rings. The van der Waals surface area contributed by atoms with Crippen LogP contribution in [0.3, 0.4) is 0 Å². The maximum Gasteiger partial charge on any atom is 0.261 e. The molecule has 33 heavy (non-hydrogen) atoms. The maximum atomic E-state index is 12.7. The van der Waals surface area contributed by atoms with Crippen molar-refractivity contribution in [3.05, 3.63) is 75.3 Å². The van der Waals surface area contributed by atoms with E-state index in [0.717, 1.165) is 11.1 Å². The molecule has 0 aliphatic heterocycles. The van der Waals surface area contributed by atoms with Crippen LogP contribution in [-0.4, -0.2) is 23.1 Å². The van der Waals surface area contributed by atoms with Gasteiger partial charge in [0.2, 0.25) is 5.89 Å². The first-order valence-electron chi connectivity index (χ1n) is 9.88. The molecule has 0 radical (unpaired) electrons. The normalized spacial score (nSPS) is 10.8. The van der Waals surface area contributed by atoms with Crippen molar-refractivity contribution >= 4 is 63.2 Å². The number of amides is 1. The number of hydrogen-bond acceptors (Lipinski definition) is 5. The summed E-state index contributed by atoms with van der Waals surface area (Å²) in [4.78, 5) is 17.3. The van der Waals surface area contributed by atoms with Gasteiger partial charge in [-0.05, 0) is 79.7 Å². The molecule has 0 saturated carbocycles. The van der Waals surface area contributed by atoms with E-state index in [1.807, 2.05) is 25.1 Å². The van der Waals surface area contributed by atoms with Crippen LogP contribution in [0.5, 0.6) is 5.75 Å². The number of nitrogens with one attached hydrogen (secondary N) is 2. The fourth-order valence-corrected chi connectivity index (χ4v) is 4.05. The molecule has 9 heteroatoms. The van der Waals surface area contributed by atoms with Crippen molar-refractivity contribution in [2.45, 2.75) is 13.8 Å². The van der Waals surface area contributed by atoms with Gasteiger partial charge in [-0.3, -0.25) is 10.1 Å². The minimum atomic E-state index is -0.506. The second-order valence-corrected chi connectivity index (χ2v) is 8.63. The topological polar surface area (TPSA) is 76.4 Å². The number of anilines is 1. The Kier molecular flexibility index (Phi) is 6.56. The molecular formula is C24H19Cl2N3O3S. The Morgan fingerprint density at radius 1 is 1.06 bits per heavy atom. The Morgan fingerprint density at radius 2 is 1.85 bits per heavy atom. The van der Waals surface area contributed by atoms with E-state index in [-0.39, 0.29) is 21.4 Å². The number of thiocarbonyl (C=S) groups is 1. The van der Waals surface area contributed by atoms with Gasteiger partial charge in [0.05, 0.1) is 17.7 Å². The van der Waals surface area contributed by atoms with Gasteiger partial charge in [-0.1, -0.05) is 29.3 Å². The van der Waals surface area contributed by atoms with Crippen molar-refractivity contribution in [1.29, 1.82) is 0 Å². The lowest BCUT2D eigenvalue weighted by molar-refractivity contribution is 0.0974. The summed E-state index contributed by atoms with van der Waals surface area (Å²) >= 11 is 17.4. The van der Waals surface area contributed by atoms with Crippen molar-refractivity contribution in [2.75, 3.05) is 12.4 Å². The molecule has 2 N–H and O–H groups in total. The van der Waals surface area contributed by atoms with Crippen LogP contribution < -0.4 is 15.4 Å². The van der Waals surface area contributed by atoms with E-state index in [4.69, 9.17) is 44.6 Å². The molecule has 0 bridgehead atoms. The smallest absolute Gasteiger partial charge is 0.261 e. The van der Waals surface area contributed by atoms with E-state index >= 15 is 0 Å². The average Bonchev–Trinajstić information content (AvgIpc) is 3.18. The number of nitrogens with zero attached hydrogens (tertiary/aromatic N) is 1. The summed E-state index contributed by atoms with van der Waals surface area (Å²) in [6, 6.07) is 14.4. The second kappa shape index (κ2) is 9.39. The first-order valence-corrected chi connectivity index (χ1v) is 11.0. The highest BCUT2D eigenvalue weighted by Crippen LogP contribution is 2.32. The molecule has 0 saturated heterocycles. The van der Waals surface area contributed by atoms with Crippen LogP contribution in [0.15, 0.2) is 52.9 Å². The summed E-state index contributed by atoms with van der Waals surface area (Å²) in [7, 11) is 1.42. The van der Waals surface area contributed by atoms with Gasteiger partial charge in [0.1, 0.15) is 11.3 Å². The van der Waals surface area contributed by atoms with Crippen LogP contribution in [-0.2, 0) is 0 Å². The van der Waals surface area contributed by atoms with E-state index in [1.54, 1.807) is 18.2 Å². The Labute approximate surface area is 205 Å². The minimum absolute atomic E-state index is 0.0929. The number of rotatable bonds is 4. The Hall–Kier alpha value is -3.13. The summed E-state index contributed by atoms with van der Waals surface area (Å²) in [6.45, 7) is 4.10. The highest BCUT2D eigenvalue weighted by atomic mass is 35.5. The number of methoxy groups -OCH3 is 1. The van der Waals surface area contributed by atoms with E-state index in [0.29, 0.717) is 27.7 Å². The van der Waals surface area contributed by atoms with Crippen molar-refractivity contribution < 1.29 is 13.9 Å². The third-order valence-electron chi connectivity index (χ3n) is 5.08. The molecule has 0 atom stereocenters. The van der Waals surface area contributed by atoms with Crippen molar-refractivity contribution in [2.24, 2.45) is 0 Å². The molecule has 4 rings (SSSR count). The molecule has 0 aliphatic carbocycles. The number of aryl methyl sites for hydroxylation is 2. The molecule has 1 heterocycles. The lowest BCUT2D eigenvalue weighted by Gasteiger charge is -2.13. The number of benzene rings is 3. The number of aromatic nitrogens is 1. The van der Waals surface area contributed by atoms with Crippen molar-refractivity contribution in [3.8, 4) is 17.2 Å². The van der Waals surface area contributed by atoms with Crippen LogP contribution >= 0.6 is 35.4 Å². The first kappa shape index (κ1) is 23.0. The largest absolute Gasteiger partial charge is 0.494 e. The minimum Gasteiger partial charge on any atom is -0.494 e. The molecule has 1 aromatic heterocycles. The monoisotopic (exact) mass is 499 g/mol. The molecule has 0 spiro atoms. The third kappa shape index (κ3) is 4.95. The van der Waals surface area contributed by atoms with Crippen molar-refractivity contribution in [1.82, 2.24) is 10.3 Å². The molecule has 3 aromatic carbocycles. The Balaban J connectivity index is 1.51. The summed E-state index contributed by atoms with van der Waals surface area (Å²) in [5, 5.41) is 6.21. The summed E-state index contributed by atoms with van der Waals surface area (Å²) in [5.74, 6) is 0.239. The number of ether oxygens (including phenoxy) is 1. The number of hydrogen-bond donors (Lipinski definition) is 2. The average molecular weight is 500 g/mol. The zero-order chi connectivity index (χ0) is 23.7. The zero-order valence-electron chi connectivity index (χ0n) is 18.0. The number of halogens is 2. The van der Waals surface area contributed by atoms with Gasteiger partial charge < -0.3 is 14.5 Å². The van der Waals surface area contributed by atoms with Gasteiger partial charge in [0.15, 0.2) is 10.7 Å². The molecule has 168 valence electrons. The van der Waals surface area contributed by atoms with Gasteiger partial charge in [0.25, 0.3) is 5.91 Å². The van der Waals surface area contributed by atoms with Crippen LogP contribution in [0.4, 0.5) is 5.69 Å². The second-order valence-electron chi connectivity index (χ2n) is 7.38. The van der Waals surface area contributed by atoms with E-state index in [2.05, 4.69) is 22.5 Å². The predicted octanol–water partition coefficient (Wildman–Crippen LogP) is 6.55. The highest BCUT2D eigenvalue weighted by Gasteiger charge is 2.18. The fraction of sp³-hybridized carbons (Fsp3) is 0.125. The Morgan fingerprint density at radius 3 is 2.58 bits per heavy atom. The summed E-state index contributed by atoms with van der Waals surface area (Å²) in [5.41, 5.74) is 5.38. The molecule has 6 nitrogen and oxygen atoms in total. The third-order valence-corrected chi connectivity index (χ3v) is 5.79. The van der Waals surface area contributed by atoms with Crippen LogP contribution in [0.2, 0.25) is 10.0 Å². The van der Waals surface area contributed by atoms with E-state index < -0.39 is 5.91 Å². The molecule has 0 fully saturated rings. The zero-order valence-corrected chi connectivity index (χ0v) is 20.3. The van der Waals surface area contributed by atoms with Crippen molar-refractivity contribution in [3.63, 3.8) is 0 Å². The van der Waals surface area contributed by atoms with Crippen LogP contribution in [0.1, 0.15) is 21.5 Å². The van der Waals surface area contributed by atoms with E-state index in [9.17, 15) is 4.79 Å². The lowest BCUT2D eigenvalue weighted by Crippen LogP contribution is -2.34. The maximum absolute atomic E-state index is 12.7. The molecule has 0 aliphatic rings. The number of carbonyl (C=O) groups excluding carboxylic acids is 1. The highest BCUT2D eigenvalue weighted by molar-refractivity contribution is 7.80. The number of oxazole rings is 1. The number of carbonyl (C=O) groups is 1. The molecular weight excluding hydrogens is 481 g/mol. The van der Waals surface area contributed by atoms with Gasteiger partial charge in [-0.25, -0.2) is 4.98 Å². The van der Waals surface area contributed by atoms with Gasteiger partial charge >= 0.3 is 0 Å². The molecule has 0 unspecified atom stereocenters. The SMILES string of the molecule is COc1c(Cl)cc(Cl)cc1C(=O)NC(=S)Nc1ccc2oc(-c3ccc(C)c(C)c3)nc2c1. The first-order chi connectivity index (χ1) is 15.7. The van der Waals surface area contributed by atoms with Crippen LogP contribution in [0.25, 0.3) is 22.6 Å². The summed E-state index contributed by atoms with van der Waals surface area (Å²) in [6.07, 6.45) is 0. The summed E-state index contributed by atoms with van der Waals surface area (Å²) < 4.78 is 11.1. The van der Waals surface area contributed by atoms with Gasteiger partial charge in [-0.2, -0.15) is 0 Å².